The molecule has 3 N–H and O–H groups in total. The molecule has 2 atom stereocenters. The quantitative estimate of drug-likeness (QED) is 0.796. The molecule has 2 unspecified atom stereocenters. The number of halogens is 1. The van der Waals surface area contributed by atoms with Crippen LogP contribution in [0.5, 0.6) is 0 Å². The summed E-state index contributed by atoms with van der Waals surface area (Å²) in [6.07, 6.45) is 1.99. The first-order chi connectivity index (χ1) is 9.49. The lowest BCUT2D eigenvalue weighted by molar-refractivity contribution is -0.142. The highest BCUT2D eigenvalue weighted by atomic mass is 19.1. The molecule has 0 bridgehead atoms. The normalized spacial score (nSPS) is 21.5. The van der Waals surface area contributed by atoms with Gasteiger partial charge in [0.2, 0.25) is 0 Å². The summed E-state index contributed by atoms with van der Waals surface area (Å²) < 4.78 is 13.4. The monoisotopic (exact) mass is 280 g/mol. The number of rotatable bonds is 3. The van der Waals surface area contributed by atoms with E-state index >= 15 is 0 Å². The van der Waals surface area contributed by atoms with E-state index in [0.717, 1.165) is 6.42 Å². The number of hydrogen-bond acceptors (Lipinski definition) is 2. The fourth-order valence-corrected chi connectivity index (χ4v) is 2.50. The summed E-state index contributed by atoms with van der Waals surface area (Å²) in [4.78, 5) is 22.9. The van der Waals surface area contributed by atoms with Gasteiger partial charge in [0.1, 0.15) is 5.82 Å². The van der Waals surface area contributed by atoms with Gasteiger partial charge in [0.05, 0.1) is 5.92 Å². The lowest BCUT2D eigenvalue weighted by atomic mass is 10.0. The highest BCUT2D eigenvalue weighted by Gasteiger charge is 2.33. The van der Waals surface area contributed by atoms with Gasteiger partial charge in [-0.25, -0.2) is 9.18 Å². The first-order valence-electron chi connectivity index (χ1n) is 6.54. The molecular weight excluding hydrogens is 263 g/mol. The van der Waals surface area contributed by atoms with E-state index in [2.05, 4.69) is 10.6 Å². The van der Waals surface area contributed by atoms with Gasteiger partial charge in [-0.1, -0.05) is 12.5 Å². The second-order valence-electron chi connectivity index (χ2n) is 4.99. The summed E-state index contributed by atoms with van der Waals surface area (Å²) in [6.45, 7) is 1.57. The molecule has 0 spiro atoms. The number of aliphatic carboxylic acids is 1. The van der Waals surface area contributed by atoms with Gasteiger partial charge in [0.15, 0.2) is 0 Å². The highest BCUT2D eigenvalue weighted by Crippen LogP contribution is 2.26. The number of hydrogen-bond donors (Lipinski definition) is 3. The van der Waals surface area contributed by atoms with Crippen LogP contribution < -0.4 is 10.6 Å². The average molecular weight is 280 g/mol. The minimum Gasteiger partial charge on any atom is -0.481 e. The number of carboxylic acids is 1. The number of amides is 2. The summed E-state index contributed by atoms with van der Waals surface area (Å²) in [6, 6.07) is 3.54. The lowest BCUT2D eigenvalue weighted by Gasteiger charge is -2.18. The summed E-state index contributed by atoms with van der Waals surface area (Å²) in [5, 5.41) is 14.3. The zero-order valence-corrected chi connectivity index (χ0v) is 11.1. The van der Waals surface area contributed by atoms with Crippen molar-refractivity contribution in [1.82, 2.24) is 5.32 Å². The van der Waals surface area contributed by atoms with Crippen molar-refractivity contribution in [1.29, 1.82) is 0 Å². The molecule has 1 aromatic rings. The van der Waals surface area contributed by atoms with Gasteiger partial charge >= 0.3 is 12.0 Å². The molecule has 1 aromatic carbocycles. The molecule has 2 amide bonds. The number of carbonyl (C=O) groups is 2. The van der Waals surface area contributed by atoms with Gasteiger partial charge in [0, 0.05) is 17.3 Å². The van der Waals surface area contributed by atoms with Crippen molar-refractivity contribution in [3.05, 3.63) is 29.6 Å². The minimum atomic E-state index is -0.894. The standard InChI is InChI=1S/C14H17FN2O3/c1-8-10(15)5-3-6-11(8)16-14(20)17-12-7-2-4-9(12)13(18)19/h3,5-6,9,12H,2,4,7H2,1H3,(H,18,19)(H2,16,17,20). The fourth-order valence-electron chi connectivity index (χ4n) is 2.50. The van der Waals surface area contributed by atoms with Crippen molar-refractivity contribution in [3.8, 4) is 0 Å². The Bertz CT molecular complexity index is 533. The number of nitrogens with one attached hydrogen (secondary N) is 2. The van der Waals surface area contributed by atoms with Crippen LogP contribution in [0, 0.1) is 18.7 Å². The van der Waals surface area contributed by atoms with Crippen molar-refractivity contribution in [3.63, 3.8) is 0 Å². The van der Waals surface area contributed by atoms with Crippen LogP contribution in [-0.4, -0.2) is 23.1 Å². The van der Waals surface area contributed by atoms with Crippen LogP contribution in [0.4, 0.5) is 14.9 Å². The number of anilines is 1. The average Bonchev–Trinajstić information content (AvgIpc) is 2.83. The third kappa shape index (κ3) is 3.07. The molecule has 1 saturated carbocycles. The molecule has 0 heterocycles. The molecule has 0 saturated heterocycles. The van der Waals surface area contributed by atoms with Crippen LogP contribution in [-0.2, 0) is 4.79 Å². The van der Waals surface area contributed by atoms with Crippen molar-refractivity contribution in [2.24, 2.45) is 5.92 Å². The van der Waals surface area contributed by atoms with Crippen LogP contribution in [0.15, 0.2) is 18.2 Å². The van der Waals surface area contributed by atoms with Gasteiger partial charge in [-0.2, -0.15) is 0 Å². The van der Waals surface area contributed by atoms with E-state index < -0.39 is 23.7 Å². The summed E-state index contributed by atoms with van der Waals surface area (Å²) in [5.74, 6) is -1.84. The lowest BCUT2D eigenvalue weighted by Crippen LogP contribution is -2.42. The third-order valence-electron chi connectivity index (χ3n) is 3.67. The summed E-state index contributed by atoms with van der Waals surface area (Å²) >= 11 is 0. The van der Waals surface area contributed by atoms with Crippen LogP contribution >= 0.6 is 0 Å². The van der Waals surface area contributed by atoms with Crippen LogP contribution in [0.3, 0.4) is 0 Å². The topological polar surface area (TPSA) is 78.4 Å². The number of urea groups is 1. The molecule has 6 heteroatoms. The van der Waals surface area contributed by atoms with Crippen molar-refractivity contribution in [2.75, 3.05) is 5.32 Å². The SMILES string of the molecule is Cc1c(F)cccc1NC(=O)NC1CCCC1C(=O)O. The molecular formula is C14H17FN2O3. The molecule has 0 aliphatic heterocycles. The smallest absolute Gasteiger partial charge is 0.319 e. The highest BCUT2D eigenvalue weighted by molar-refractivity contribution is 5.90. The number of carbonyl (C=O) groups excluding carboxylic acids is 1. The summed E-state index contributed by atoms with van der Waals surface area (Å²) in [7, 11) is 0. The van der Waals surface area contributed by atoms with Crippen LogP contribution in [0.25, 0.3) is 0 Å². The van der Waals surface area contributed by atoms with Gasteiger partial charge in [0.25, 0.3) is 0 Å². The predicted octanol–water partition coefficient (Wildman–Crippen LogP) is 2.51. The Balaban J connectivity index is 1.99. The van der Waals surface area contributed by atoms with E-state index in [1.165, 1.54) is 12.1 Å². The Morgan fingerprint density at radius 2 is 2.10 bits per heavy atom. The zero-order chi connectivity index (χ0) is 14.7. The van der Waals surface area contributed by atoms with Gasteiger partial charge in [-0.15, -0.1) is 0 Å². The van der Waals surface area contributed by atoms with Crippen molar-refractivity contribution < 1.29 is 19.1 Å². The van der Waals surface area contributed by atoms with E-state index in [1.807, 2.05) is 0 Å². The van der Waals surface area contributed by atoms with Crippen molar-refractivity contribution in [2.45, 2.75) is 32.2 Å². The Kier molecular flexibility index (Phi) is 4.22. The Morgan fingerprint density at radius 3 is 2.80 bits per heavy atom. The first kappa shape index (κ1) is 14.3. The van der Waals surface area contributed by atoms with E-state index in [0.29, 0.717) is 24.1 Å². The Hall–Kier alpha value is -2.11. The minimum absolute atomic E-state index is 0.351. The molecule has 1 fully saturated rings. The second kappa shape index (κ2) is 5.90. The maximum Gasteiger partial charge on any atom is 0.319 e. The van der Waals surface area contributed by atoms with E-state index in [4.69, 9.17) is 5.11 Å². The maximum atomic E-state index is 13.4. The van der Waals surface area contributed by atoms with E-state index in [9.17, 15) is 14.0 Å². The zero-order valence-electron chi connectivity index (χ0n) is 11.1. The summed E-state index contributed by atoms with van der Waals surface area (Å²) in [5.41, 5.74) is 0.733. The van der Waals surface area contributed by atoms with Crippen LogP contribution in [0.2, 0.25) is 0 Å². The maximum absolute atomic E-state index is 13.4. The molecule has 5 nitrogen and oxygen atoms in total. The largest absolute Gasteiger partial charge is 0.481 e. The molecule has 0 radical (unpaired) electrons. The van der Waals surface area contributed by atoms with Gasteiger partial charge < -0.3 is 15.7 Å². The van der Waals surface area contributed by atoms with Gasteiger partial charge in [-0.05, 0) is 31.9 Å². The fraction of sp³-hybridized carbons (Fsp3) is 0.429. The van der Waals surface area contributed by atoms with Crippen LogP contribution in [0.1, 0.15) is 24.8 Å². The molecule has 2 rings (SSSR count). The van der Waals surface area contributed by atoms with E-state index in [1.54, 1.807) is 13.0 Å². The molecule has 0 aromatic heterocycles. The van der Waals surface area contributed by atoms with Gasteiger partial charge in [-0.3, -0.25) is 4.79 Å². The first-order valence-corrected chi connectivity index (χ1v) is 6.54. The number of carboxylic acid groups (broad SMARTS) is 1. The molecule has 20 heavy (non-hydrogen) atoms. The number of benzene rings is 1. The molecule has 1 aliphatic rings. The van der Waals surface area contributed by atoms with E-state index in [-0.39, 0.29) is 6.04 Å². The molecule has 108 valence electrons. The van der Waals surface area contributed by atoms with Crippen molar-refractivity contribution >= 4 is 17.7 Å². The Morgan fingerprint density at radius 1 is 1.35 bits per heavy atom. The Labute approximate surface area is 116 Å². The predicted molar refractivity (Wildman–Crippen MR) is 72.1 cm³/mol. The molecule has 1 aliphatic carbocycles. The second-order valence-corrected chi connectivity index (χ2v) is 4.99. The third-order valence-corrected chi connectivity index (χ3v) is 3.67.